The largest absolute Gasteiger partial charge is 0.271 e. The van der Waals surface area contributed by atoms with Gasteiger partial charge < -0.3 is 0 Å². The zero-order chi connectivity index (χ0) is 13.8. The quantitative estimate of drug-likeness (QED) is 0.652. The topological polar surface area (TPSA) is 50.9 Å². The molecule has 0 spiro atoms. The number of aromatic nitrogens is 1. The summed E-state index contributed by atoms with van der Waals surface area (Å²) in [4.78, 5) is 4.51. The molecule has 1 unspecified atom stereocenters. The van der Waals surface area contributed by atoms with E-state index in [1.165, 1.54) is 11.1 Å². The Bertz CT molecular complexity index is 564. The lowest BCUT2D eigenvalue weighted by molar-refractivity contribution is 0.546. The van der Waals surface area contributed by atoms with Gasteiger partial charge >= 0.3 is 0 Å². The predicted molar refractivity (Wildman–Crippen MR) is 78.7 cm³/mol. The van der Waals surface area contributed by atoms with Gasteiger partial charge in [0.2, 0.25) is 0 Å². The van der Waals surface area contributed by atoms with Crippen molar-refractivity contribution in [2.75, 3.05) is 0 Å². The smallest absolute Gasteiger partial charge is 0.0518 e. The number of benzene rings is 1. The molecule has 3 N–H and O–H groups in total. The van der Waals surface area contributed by atoms with Crippen LogP contribution in [0.4, 0.5) is 0 Å². The van der Waals surface area contributed by atoms with Gasteiger partial charge in [-0.2, -0.15) is 0 Å². The minimum atomic E-state index is 0.0925. The Kier molecular flexibility index (Phi) is 4.30. The molecule has 0 saturated heterocycles. The molecule has 1 aromatic heterocycles. The van der Waals surface area contributed by atoms with Crippen molar-refractivity contribution in [2.45, 2.75) is 33.2 Å². The Labute approximate surface area is 114 Å². The Morgan fingerprint density at radius 2 is 1.95 bits per heavy atom. The van der Waals surface area contributed by atoms with Gasteiger partial charge in [0.25, 0.3) is 0 Å². The van der Waals surface area contributed by atoms with Gasteiger partial charge in [-0.1, -0.05) is 35.9 Å². The first-order valence-corrected chi connectivity index (χ1v) is 6.56. The molecular formula is C16H21N3. The van der Waals surface area contributed by atoms with Gasteiger partial charge in [-0.15, -0.1) is 0 Å². The van der Waals surface area contributed by atoms with Crippen LogP contribution in [-0.2, 0) is 6.42 Å². The van der Waals surface area contributed by atoms with E-state index in [2.05, 4.69) is 47.7 Å². The molecule has 0 radical (unpaired) electrons. The van der Waals surface area contributed by atoms with Crippen LogP contribution in [0.3, 0.4) is 0 Å². The van der Waals surface area contributed by atoms with Crippen LogP contribution < -0.4 is 11.3 Å². The molecule has 1 aromatic carbocycles. The fraction of sp³-hybridized carbons (Fsp3) is 0.312. The van der Waals surface area contributed by atoms with E-state index in [0.29, 0.717) is 0 Å². The molecule has 1 heterocycles. The summed E-state index contributed by atoms with van der Waals surface area (Å²) in [6.07, 6.45) is 0.865. The third kappa shape index (κ3) is 3.40. The third-order valence-electron chi connectivity index (χ3n) is 3.36. The number of hydrogen-bond donors (Lipinski definition) is 2. The lowest BCUT2D eigenvalue weighted by atomic mass is 9.97. The normalized spacial score (nSPS) is 12.4. The number of nitrogens with one attached hydrogen (secondary N) is 1. The van der Waals surface area contributed by atoms with Gasteiger partial charge in [-0.25, -0.2) is 0 Å². The van der Waals surface area contributed by atoms with Crippen molar-refractivity contribution in [3.63, 3.8) is 0 Å². The number of pyridine rings is 1. The van der Waals surface area contributed by atoms with E-state index in [1.807, 2.05) is 19.9 Å². The molecule has 0 aliphatic carbocycles. The molecule has 0 saturated carbocycles. The van der Waals surface area contributed by atoms with E-state index in [1.54, 1.807) is 0 Å². The van der Waals surface area contributed by atoms with Crippen molar-refractivity contribution in [2.24, 2.45) is 5.84 Å². The van der Waals surface area contributed by atoms with E-state index in [4.69, 9.17) is 5.84 Å². The van der Waals surface area contributed by atoms with Crippen molar-refractivity contribution < 1.29 is 0 Å². The van der Waals surface area contributed by atoms with Crippen LogP contribution in [0, 0.1) is 20.8 Å². The molecule has 2 aromatic rings. The summed E-state index contributed by atoms with van der Waals surface area (Å²) in [6.45, 7) is 6.14. The Balaban J connectivity index is 2.25. The van der Waals surface area contributed by atoms with E-state index in [9.17, 15) is 0 Å². The molecule has 100 valence electrons. The van der Waals surface area contributed by atoms with Crippen LogP contribution in [0.25, 0.3) is 0 Å². The standard InChI is InChI=1S/C16H21N3/c1-11-5-4-6-14(9-11)10-16(19-17)15-8-7-12(2)18-13(15)3/h4-9,16,19H,10,17H2,1-3H3. The first-order valence-electron chi connectivity index (χ1n) is 6.56. The average Bonchev–Trinajstić information content (AvgIpc) is 2.37. The molecule has 3 nitrogen and oxygen atoms in total. The van der Waals surface area contributed by atoms with Crippen molar-refractivity contribution >= 4 is 0 Å². The Morgan fingerprint density at radius 1 is 1.16 bits per heavy atom. The first kappa shape index (κ1) is 13.7. The van der Waals surface area contributed by atoms with Crippen molar-refractivity contribution in [1.82, 2.24) is 10.4 Å². The highest BCUT2D eigenvalue weighted by Crippen LogP contribution is 2.21. The summed E-state index contributed by atoms with van der Waals surface area (Å²) >= 11 is 0. The molecule has 2 rings (SSSR count). The van der Waals surface area contributed by atoms with Gasteiger partial charge in [0.05, 0.1) is 6.04 Å². The first-order chi connectivity index (χ1) is 9.10. The number of nitrogens with zero attached hydrogens (tertiary/aromatic N) is 1. The Hall–Kier alpha value is -1.71. The number of hydrazine groups is 1. The maximum atomic E-state index is 5.72. The van der Waals surface area contributed by atoms with Crippen LogP contribution >= 0.6 is 0 Å². The second kappa shape index (κ2) is 5.95. The maximum Gasteiger partial charge on any atom is 0.0518 e. The number of nitrogens with two attached hydrogens (primary N) is 1. The van der Waals surface area contributed by atoms with Crippen LogP contribution in [0.2, 0.25) is 0 Å². The summed E-state index contributed by atoms with van der Waals surface area (Å²) < 4.78 is 0. The molecular weight excluding hydrogens is 234 g/mol. The average molecular weight is 255 g/mol. The van der Waals surface area contributed by atoms with Crippen LogP contribution in [0.1, 0.15) is 34.1 Å². The van der Waals surface area contributed by atoms with E-state index in [-0.39, 0.29) is 6.04 Å². The van der Waals surface area contributed by atoms with Gasteiger partial charge in [-0.3, -0.25) is 16.3 Å². The highest BCUT2D eigenvalue weighted by Gasteiger charge is 2.13. The highest BCUT2D eigenvalue weighted by molar-refractivity contribution is 5.29. The Morgan fingerprint density at radius 3 is 2.58 bits per heavy atom. The minimum Gasteiger partial charge on any atom is -0.271 e. The summed E-state index contributed by atoms with van der Waals surface area (Å²) in [7, 11) is 0. The summed E-state index contributed by atoms with van der Waals surface area (Å²) in [5, 5.41) is 0. The van der Waals surface area contributed by atoms with Crippen LogP contribution in [0.15, 0.2) is 36.4 Å². The molecule has 0 aliphatic rings. The summed E-state index contributed by atoms with van der Waals surface area (Å²) in [6, 6.07) is 12.7. The molecule has 0 bridgehead atoms. The molecule has 3 heteroatoms. The molecule has 1 atom stereocenters. The molecule has 0 amide bonds. The van der Waals surface area contributed by atoms with Crippen molar-refractivity contribution in [3.05, 3.63) is 64.5 Å². The van der Waals surface area contributed by atoms with Gasteiger partial charge in [0.1, 0.15) is 0 Å². The highest BCUT2D eigenvalue weighted by atomic mass is 15.2. The lowest BCUT2D eigenvalue weighted by Gasteiger charge is -2.18. The molecule has 19 heavy (non-hydrogen) atoms. The zero-order valence-corrected chi connectivity index (χ0v) is 11.8. The fourth-order valence-corrected chi connectivity index (χ4v) is 2.40. The minimum absolute atomic E-state index is 0.0925. The summed E-state index contributed by atoms with van der Waals surface area (Å²) in [5.74, 6) is 5.72. The molecule has 0 aliphatic heterocycles. The van der Waals surface area contributed by atoms with Crippen molar-refractivity contribution in [3.8, 4) is 0 Å². The van der Waals surface area contributed by atoms with Gasteiger partial charge in [-0.05, 0) is 44.4 Å². The van der Waals surface area contributed by atoms with E-state index in [0.717, 1.165) is 23.4 Å². The van der Waals surface area contributed by atoms with E-state index >= 15 is 0 Å². The number of rotatable bonds is 4. The predicted octanol–water partition coefficient (Wildman–Crippen LogP) is 2.75. The van der Waals surface area contributed by atoms with Crippen molar-refractivity contribution in [1.29, 1.82) is 0 Å². The monoisotopic (exact) mass is 255 g/mol. The number of hydrogen-bond acceptors (Lipinski definition) is 3. The SMILES string of the molecule is Cc1cccc(CC(NN)c2ccc(C)nc2C)c1. The van der Waals surface area contributed by atoms with Gasteiger partial charge in [0.15, 0.2) is 0 Å². The lowest BCUT2D eigenvalue weighted by Crippen LogP contribution is -2.30. The second-order valence-corrected chi connectivity index (χ2v) is 5.04. The summed E-state index contributed by atoms with van der Waals surface area (Å²) in [5.41, 5.74) is 8.69. The van der Waals surface area contributed by atoms with Crippen LogP contribution in [0.5, 0.6) is 0 Å². The molecule has 0 fully saturated rings. The fourth-order valence-electron chi connectivity index (χ4n) is 2.40. The van der Waals surface area contributed by atoms with Crippen LogP contribution in [-0.4, -0.2) is 4.98 Å². The third-order valence-corrected chi connectivity index (χ3v) is 3.36. The van der Waals surface area contributed by atoms with E-state index < -0.39 is 0 Å². The number of aryl methyl sites for hydroxylation is 3. The zero-order valence-electron chi connectivity index (χ0n) is 11.8. The second-order valence-electron chi connectivity index (χ2n) is 5.04. The maximum absolute atomic E-state index is 5.72. The van der Waals surface area contributed by atoms with Gasteiger partial charge in [0, 0.05) is 11.4 Å².